The first-order valence-electron chi connectivity index (χ1n) is 9.68. The molecule has 31 heavy (non-hydrogen) atoms. The third-order valence-corrected chi connectivity index (χ3v) is 4.34. The minimum absolute atomic E-state index is 0.0887. The molecule has 3 rings (SSSR count). The molecule has 0 radical (unpaired) electrons. The molecule has 0 saturated heterocycles. The van der Waals surface area contributed by atoms with Gasteiger partial charge in [-0.05, 0) is 55.9 Å². The van der Waals surface area contributed by atoms with Gasteiger partial charge in [-0.15, -0.1) is 0 Å². The van der Waals surface area contributed by atoms with Crippen LogP contribution in [0.3, 0.4) is 0 Å². The van der Waals surface area contributed by atoms with E-state index in [2.05, 4.69) is 15.7 Å². The number of nitrogens with zero attached hydrogens (tertiary/aromatic N) is 2. The van der Waals surface area contributed by atoms with E-state index in [9.17, 15) is 18.4 Å². The number of aromatic nitrogens is 2. The zero-order chi connectivity index (χ0) is 22.2. The van der Waals surface area contributed by atoms with Gasteiger partial charge in [0.15, 0.2) is 0 Å². The van der Waals surface area contributed by atoms with Crippen molar-refractivity contribution in [3.05, 3.63) is 82.1 Å². The Morgan fingerprint density at radius 3 is 2.58 bits per heavy atom. The van der Waals surface area contributed by atoms with E-state index < -0.39 is 17.7 Å². The van der Waals surface area contributed by atoms with Crippen molar-refractivity contribution < 1.29 is 18.3 Å². The van der Waals surface area contributed by atoms with Gasteiger partial charge in [0.1, 0.15) is 17.4 Å². The quantitative estimate of drug-likeness (QED) is 0.539. The number of carbonyl (C=O) groups is 1. The van der Waals surface area contributed by atoms with E-state index in [0.717, 1.165) is 31.2 Å². The molecule has 1 heterocycles. The monoisotopic (exact) mass is 428 g/mol. The summed E-state index contributed by atoms with van der Waals surface area (Å²) >= 11 is 0. The first-order chi connectivity index (χ1) is 14.9. The fraction of sp³-hybridized carbons (Fsp3) is 0.227. The standard InChI is InChI=1S/C22H22F2N4O3/c1-25-8-3-9-26-22(30)31-19-5-2-4-15(10-19)14-28-21(29)7-6-20(27-28)16-11-17(23)13-18(24)12-16/h2,4-7,10-13,25H,3,8-9,14H2,1H3,(H,26,30). The highest BCUT2D eigenvalue weighted by Gasteiger charge is 2.09. The molecular formula is C22H22F2N4O3. The number of hydrogen-bond acceptors (Lipinski definition) is 5. The zero-order valence-electron chi connectivity index (χ0n) is 16.9. The van der Waals surface area contributed by atoms with Gasteiger partial charge in [0.05, 0.1) is 12.2 Å². The van der Waals surface area contributed by atoms with Gasteiger partial charge in [-0.25, -0.2) is 18.3 Å². The van der Waals surface area contributed by atoms with E-state index in [0.29, 0.717) is 17.9 Å². The van der Waals surface area contributed by atoms with Crippen molar-refractivity contribution in [1.29, 1.82) is 0 Å². The Kier molecular flexibility index (Phi) is 7.45. The summed E-state index contributed by atoms with van der Waals surface area (Å²) in [6.45, 7) is 1.34. The molecule has 0 aliphatic rings. The number of ether oxygens (including phenoxy) is 1. The predicted octanol–water partition coefficient (Wildman–Crippen LogP) is 2.93. The lowest BCUT2D eigenvalue weighted by Crippen LogP contribution is -2.29. The molecule has 2 N–H and O–H groups in total. The first kappa shape index (κ1) is 22.1. The van der Waals surface area contributed by atoms with Gasteiger partial charge in [0.25, 0.3) is 5.56 Å². The van der Waals surface area contributed by atoms with Crippen molar-refractivity contribution in [2.45, 2.75) is 13.0 Å². The second-order valence-electron chi connectivity index (χ2n) is 6.79. The average molecular weight is 428 g/mol. The summed E-state index contributed by atoms with van der Waals surface area (Å²) in [7, 11) is 1.83. The van der Waals surface area contributed by atoms with E-state index >= 15 is 0 Å². The van der Waals surface area contributed by atoms with Gasteiger partial charge in [-0.1, -0.05) is 12.1 Å². The Morgan fingerprint density at radius 2 is 1.84 bits per heavy atom. The van der Waals surface area contributed by atoms with E-state index in [1.807, 2.05) is 7.05 Å². The Bertz CT molecular complexity index is 1100. The van der Waals surface area contributed by atoms with Crippen molar-refractivity contribution in [3.63, 3.8) is 0 Å². The molecular weight excluding hydrogens is 406 g/mol. The Hall–Kier alpha value is -3.59. The lowest BCUT2D eigenvalue weighted by atomic mass is 10.1. The Labute approximate surface area is 177 Å². The summed E-state index contributed by atoms with van der Waals surface area (Å²) < 4.78 is 33.5. The van der Waals surface area contributed by atoms with Crippen LogP contribution < -0.4 is 20.9 Å². The molecule has 0 aliphatic carbocycles. The smallest absolute Gasteiger partial charge is 0.410 e. The van der Waals surface area contributed by atoms with Crippen LogP contribution in [0.1, 0.15) is 12.0 Å². The molecule has 0 spiro atoms. The summed E-state index contributed by atoms with van der Waals surface area (Å²) in [5, 5.41) is 9.85. The van der Waals surface area contributed by atoms with E-state index in [4.69, 9.17) is 4.74 Å². The lowest BCUT2D eigenvalue weighted by molar-refractivity contribution is 0.200. The van der Waals surface area contributed by atoms with Crippen molar-refractivity contribution in [2.24, 2.45) is 0 Å². The van der Waals surface area contributed by atoms with Gasteiger partial charge in [-0.3, -0.25) is 4.79 Å². The van der Waals surface area contributed by atoms with Crippen molar-refractivity contribution in [3.8, 4) is 17.0 Å². The van der Waals surface area contributed by atoms with Crippen LogP contribution in [-0.4, -0.2) is 36.0 Å². The van der Waals surface area contributed by atoms with E-state index in [-0.39, 0.29) is 23.4 Å². The van der Waals surface area contributed by atoms with Gasteiger partial charge < -0.3 is 15.4 Å². The number of benzene rings is 2. The summed E-state index contributed by atoms with van der Waals surface area (Å²) in [6, 6.07) is 12.4. The Balaban J connectivity index is 1.73. The molecule has 9 heteroatoms. The third-order valence-electron chi connectivity index (χ3n) is 4.34. The SMILES string of the molecule is CNCCCNC(=O)Oc1cccc(Cn2nc(-c3cc(F)cc(F)c3)ccc2=O)c1. The highest BCUT2D eigenvalue weighted by molar-refractivity contribution is 5.70. The number of hydrogen-bond donors (Lipinski definition) is 2. The summed E-state index contributed by atoms with van der Waals surface area (Å²) in [5.74, 6) is -1.15. The van der Waals surface area contributed by atoms with Gasteiger partial charge in [-0.2, -0.15) is 5.10 Å². The van der Waals surface area contributed by atoms with E-state index in [1.54, 1.807) is 24.3 Å². The maximum absolute atomic E-state index is 13.5. The van der Waals surface area contributed by atoms with Crippen LogP contribution in [-0.2, 0) is 6.54 Å². The van der Waals surface area contributed by atoms with Crippen LogP contribution in [0.4, 0.5) is 13.6 Å². The Morgan fingerprint density at radius 1 is 1.06 bits per heavy atom. The van der Waals surface area contributed by atoms with Gasteiger partial charge >= 0.3 is 6.09 Å². The topological polar surface area (TPSA) is 85.2 Å². The van der Waals surface area contributed by atoms with Crippen molar-refractivity contribution >= 4 is 6.09 Å². The molecule has 162 valence electrons. The summed E-state index contributed by atoms with van der Waals surface area (Å²) in [4.78, 5) is 24.1. The molecule has 0 unspecified atom stereocenters. The minimum atomic E-state index is -0.733. The fourth-order valence-electron chi connectivity index (χ4n) is 2.90. The van der Waals surface area contributed by atoms with Crippen LogP contribution in [0.15, 0.2) is 59.4 Å². The molecule has 0 aliphatic heterocycles. The van der Waals surface area contributed by atoms with Crippen molar-refractivity contribution in [2.75, 3.05) is 20.1 Å². The number of rotatable bonds is 8. The molecule has 0 fully saturated rings. The second kappa shape index (κ2) is 10.4. The second-order valence-corrected chi connectivity index (χ2v) is 6.79. The highest BCUT2D eigenvalue weighted by atomic mass is 19.1. The molecule has 3 aromatic rings. The highest BCUT2D eigenvalue weighted by Crippen LogP contribution is 2.19. The maximum atomic E-state index is 13.5. The normalized spacial score (nSPS) is 10.7. The van der Waals surface area contributed by atoms with Crippen LogP contribution in [0, 0.1) is 11.6 Å². The summed E-state index contributed by atoms with van der Waals surface area (Å²) in [6.07, 6.45) is 0.199. The molecule has 0 saturated carbocycles. The molecule has 2 aromatic carbocycles. The minimum Gasteiger partial charge on any atom is -0.410 e. The molecule has 7 nitrogen and oxygen atoms in total. The number of amides is 1. The lowest BCUT2D eigenvalue weighted by Gasteiger charge is -2.10. The van der Waals surface area contributed by atoms with E-state index in [1.165, 1.54) is 16.8 Å². The van der Waals surface area contributed by atoms with Crippen LogP contribution in [0.2, 0.25) is 0 Å². The fourth-order valence-corrected chi connectivity index (χ4v) is 2.90. The number of halogens is 2. The van der Waals surface area contributed by atoms with Gasteiger partial charge in [0.2, 0.25) is 0 Å². The molecule has 1 aromatic heterocycles. The molecule has 0 bridgehead atoms. The van der Waals surface area contributed by atoms with Crippen molar-refractivity contribution in [1.82, 2.24) is 20.4 Å². The number of nitrogens with one attached hydrogen (secondary N) is 2. The molecule has 0 atom stereocenters. The average Bonchev–Trinajstić information content (AvgIpc) is 2.72. The van der Waals surface area contributed by atoms with Crippen LogP contribution in [0.25, 0.3) is 11.3 Å². The maximum Gasteiger partial charge on any atom is 0.412 e. The largest absolute Gasteiger partial charge is 0.412 e. The van der Waals surface area contributed by atoms with Crippen LogP contribution >= 0.6 is 0 Å². The van der Waals surface area contributed by atoms with Gasteiger partial charge in [0, 0.05) is 24.2 Å². The predicted molar refractivity (Wildman–Crippen MR) is 112 cm³/mol. The molecule has 1 amide bonds. The first-order valence-corrected chi connectivity index (χ1v) is 9.68. The van der Waals surface area contributed by atoms with Crippen LogP contribution in [0.5, 0.6) is 5.75 Å². The summed E-state index contributed by atoms with van der Waals surface area (Å²) in [5.41, 5.74) is 0.761. The zero-order valence-corrected chi connectivity index (χ0v) is 16.9. The number of carbonyl (C=O) groups excluding carboxylic acids is 1. The third kappa shape index (κ3) is 6.45.